The van der Waals surface area contributed by atoms with Gasteiger partial charge in [-0.05, 0) is 23.8 Å². The predicted octanol–water partition coefficient (Wildman–Crippen LogP) is 2.67. The van der Waals surface area contributed by atoms with Gasteiger partial charge in [0, 0.05) is 23.6 Å². The van der Waals surface area contributed by atoms with E-state index in [0.717, 1.165) is 5.56 Å². The lowest BCUT2D eigenvalue weighted by Gasteiger charge is -2.12. The van der Waals surface area contributed by atoms with Gasteiger partial charge in [0.05, 0.1) is 6.10 Å². The molecule has 0 aliphatic heterocycles. The Morgan fingerprint density at radius 2 is 1.90 bits per heavy atom. The molecule has 0 aromatic heterocycles. The van der Waals surface area contributed by atoms with Crippen molar-refractivity contribution >= 4 is 17.5 Å². The highest BCUT2D eigenvalue weighted by Crippen LogP contribution is 2.10. The van der Waals surface area contributed by atoms with Crippen molar-refractivity contribution < 1.29 is 9.90 Å². The molecule has 0 radical (unpaired) electrons. The molecule has 2 aromatic carbocycles. The third-order valence-corrected chi connectivity index (χ3v) is 3.13. The maximum absolute atomic E-state index is 11.9. The number of benzene rings is 2. The Morgan fingerprint density at radius 3 is 2.60 bits per heavy atom. The first-order valence-electron chi connectivity index (χ1n) is 6.41. The van der Waals surface area contributed by atoms with Crippen LogP contribution < -0.4 is 5.32 Å². The minimum atomic E-state index is -0.611. The van der Waals surface area contributed by atoms with E-state index in [9.17, 15) is 9.90 Å². The van der Waals surface area contributed by atoms with E-state index in [1.54, 1.807) is 24.3 Å². The van der Waals surface area contributed by atoms with E-state index in [1.807, 2.05) is 30.3 Å². The van der Waals surface area contributed by atoms with Gasteiger partial charge < -0.3 is 10.4 Å². The van der Waals surface area contributed by atoms with Crippen LogP contribution in [0.3, 0.4) is 0 Å². The summed E-state index contributed by atoms with van der Waals surface area (Å²) in [7, 11) is 0. The van der Waals surface area contributed by atoms with E-state index >= 15 is 0 Å². The first kappa shape index (κ1) is 14.6. The molecular formula is C16H16ClNO2. The number of rotatable bonds is 5. The predicted molar refractivity (Wildman–Crippen MR) is 79.9 cm³/mol. The SMILES string of the molecule is O=C(NCC(O)Cc1ccccc1)c1cccc(Cl)c1. The van der Waals surface area contributed by atoms with Crippen LogP contribution >= 0.6 is 11.6 Å². The smallest absolute Gasteiger partial charge is 0.251 e. The molecule has 2 N–H and O–H groups in total. The third-order valence-electron chi connectivity index (χ3n) is 2.90. The van der Waals surface area contributed by atoms with E-state index in [0.29, 0.717) is 17.0 Å². The Hall–Kier alpha value is -1.84. The molecule has 4 heteroatoms. The van der Waals surface area contributed by atoms with Crippen molar-refractivity contribution in [3.63, 3.8) is 0 Å². The quantitative estimate of drug-likeness (QED) is 0.889. The Kier molecular flexibility index (Phi) is 5.16. The Balaban J connectivity index is 1.84. The van der Waals surface area contributed by atoms with Gasteiger partial charge in [0.2, 0.25) is 0 Å². The molecule has 2 rings (SSSR count). The van der Waals surface area contributed by atoms with Gasteiger partial charge in [-0.2, -0.15) is 0 Å². The minimum Gasteiger partial charge on any atom is -0.391 e. The highest BCUT2D eigenvalue weighted by molar-refractivity contribution is 6.30. The first-order chi connectivity index (χ1) is 9.65. The maximum Gasteiger partial charge on any atom is 0.251 e. The molecule has 0 aliphatic carbocycles. The summed E-state index contributed by atoms with van der Waals surface area (Å²) in [5.74, 6) is -0.236. The number of carbonyl (C=O) groups is 1. The zero-order valence-electron chi connectivity index (χ0n) is 10.9. The molecule has 0 saturated carbocycles. The fourth-order valence-corrected chi connectivity index (χ4v) is 2.09. The number of carbonyl (C=O) groups excluding carboxylic acids is 1. The molecule has 0 fully saturated rings. The molecule has 0 bridgehead atoms. The fraction of sp³-hybridized carbons (Fsp3) is 0.188. The van der Waals surface area contributed by atoms with E-state index in [2.05, 4.69) is 5.32 Å². The van der Waals surface area contributed by atoms with Crippen LogP contribution in [-0.4, -0.2) is 23.7 Å². The van der Waals surface area contributed by atoms with Crippen LogP contribution in [0, 0.1) is 0 Å². The van der Waals surface area contributed by atoms with Crippen LogP contribution in [0.2, 0.25) is 5.02 Å². The molecule has 0 aliphatic rings. The van der Waals surface area contributed by atoms with Crippen molar-refractivity contribution in [2.24, 2.45) is 0 Å². The van der Waals surface area contributed by atoms with Crippen molar-refractivity contribution in [3.8, 4) is 0 Å². The largest absolute Gasteiger partial charge is 0.391 e. The van der Waals surface area contributed by atoms with Gasteiger partial charge in [-0.3, -0.25) is 4.79 Å². The summed E-state index contributed by atoms with van der Waals surface area (Å²) in [6.45, 7) is 0.209. The van der Waals surface area contributed by atoms with Crippen LogP contribution in [0.15, 0.2) is 54.6 Å². The van der Waals surface area contributed by atoms with E-state index in [1.165, 1.54) is 0 Å². The Bertz CT molecular complexity index is 572. The number of halogens is 1. The molecule has 1 unspecified atom stereocenters. The van der Waals surface area contributed by atoms with Crippen LogP contribution in [0.25, 0.3) is 0 Å². The average Bonchev–Trinajstić information content (AvgIpc) is 2.46. The van der Waals surface area contributed by atoms with Crippen molar-refractivity contribution in [3.05, 3.63) is 70.7 Å². The lowest BCUT2D eigenvalue weighted by atomic mass is 10.1. The minimum absolute atomic E-state index is 0.209. The van der Waals surface area contributed by atoms with E-state index in [-0.39, 0.29) is 12.5 Å². The average molecular weight is 290 g/mol. The number of hydrogen-bond acceptors (Lipinski definition) is 2. The second kappa shape index (κ2) is 7.08. The fourth-order valence-electron chi connectivity index (χ4n) is 1.90. The highest BCUT2D eigenvalue weighted by atomic mass is 35.5. The summed E-state index contributed by atoms with van der Waals surface area (Å²) < 4.78 is 0. The summed E-state index contributed by atoms with van der Waals surface area (Å²) in [6, 6.07) is 16.4. The molecule has 1 amide bonds. The van der Waals surface area contributed by atoms with Crippen LogP contribution in [-0.2, 0) is 6.42 Å². The first-order valence-corrected chi connectivity index (χ1v) is 6.78. The third kappa shape index (κ3) is 4.37. The number of aliphatic hydroxyl groups is 1. The van der Waals surface area contributed by atoms with Gasteiger partial charge in [-0.25, -0.2) is 0 Å². The monoisotopic (exact) mass is 289 g/mol. The maximum atomic E-state index is 11.9. The zero-order chi connectivity index (χ0) is 14.4. The summed E-state index contributed by atoms with van der Waals surface area (Å²) in [4.78, 5) is 11.9. The van der Waals surface area contributed by atoms with Crippen molar-refractivity contribution in [2.45, 2.75) is 12.5 Å². The summed E-state index contributed by atoms with van der Waals surface area (Å²) in [5, 5.41) is 13.1. The van der Waals surface area contributed by atoms with Crippen LogP contribution in [0.5, 0.6) is 0 Å². The van der Waals surface area contributed by atoms with Crippen LogP contribution in [0.4, 0.5) is 0 Å². The van der Waals surface area contributed by atoms with Gasteiger partial charge in [-0.1, -0.05) is 48.0 Å². The number of aliphatic hydroxyl groups excluding tert-OH is 1. The van der Waals surface area contributed by atoms with Crippen molar-refractivity contribution in [2.75, 3.05) is 6.54 Å². The molecule has 3 nitrogen and oxygen atoms in total. The second-order valence-electron chi connectivity index (χ2n) is 4.56. The number of amides is 1. The Labute approximate surface area is 123 Å². The molecule has 1 atom stereocenters. The molecule has 2 aromatic rings. The Morgan fingerprint density at radius 1 is 1.15 bits per heavy atom. The lowest BCUT2D eigenvalue weighted by molar-refractivity contribution is 0.0916. The van der Waals surface area contributed by atoms with Gasteiger partial charge in [0.15, 0.2) is 0 Å². The molecule has 0 saturated heterocycles. The van der Waals surface area contributed by atoms with Gasteiger partial charge in [0.25, 0.3) is 5.91 Å². The summed E-state index contributed by atoms with van der Waals surface area (Å²) in [6.07, 6.45) is -0.100. The number of hydrogen-bond donors (Lipinski definition) is 2. The van der Waals surface area contributed by atoms with Crippen molar-refractivity contribution in [1.82, 2.24) is 5.32 Å². The van der Waals surface area contributed by atoms with Crippen LogP contribution in [0.1, 0.15) is 15.9 Å². The zero-order valence-corrected chi connectivity index (χ0v) is 11.7. The number of nitrogens with one attached hydrogen (secondary N) is 1. The molecule has 0 spiro atoms. The lowest BCUT2D eigenvalue weighted by Crippen LogP contribution is -2.33. The van der Waals surface area contributed by atoms with Gasteiger partial charge in [-0.15, -0.1) is 0 Å². The highest BCUT2D eigenvalue weighted by Gasteiger charge is 2.09. The van der Waals surface area contributed by atoms with E-state index in [4.69, 9.17) is 11.6 Å². The van der Waals surface area contributed by atoms with Gasteiger partial charge in [0.1, 0.15) is 0 Å². The molecule has 104 valence electrons. The normalized spacial score (nSPS) is 11.9. The standard InChI is InChI=1S/C16H16ClNO2/c17-14-8-4-7-13(10-14)16(20)18-11-15(19)9-12-5-2-1-3-6-12/h1-8,10,15,19H,9,11H2,(H,18,20). The second-order valence-corrected chi connectivity index (χ2v) is 5.00. The van der Waals surface area contributed by atoms with Gasteiger partial charge >= 0.3 is 0 Å². The van der Waals surface area contributed by atoms with E-state index < -0.39 is 6.10 Å². The molecule has 0 heterocycles. The van der Waals surface area contributed by atoms with Crippen molar-refractivity contribution in [1.29, 1.82) is 0 Å². The molecular weight excluding hydrogens is 274 g/mol. The topological polar surface area (TPSA) is 49.3 Å². The summed E-state index contributed by atoms with van der Waals surface area (Å²) >= 11 is 5.83. The molecule has 20 heavy (non-hydrogen) atoms. The summed E-state index contributed by atoms with van der Waals surface area (Å²) in [5.41, 5.74) is 1.53.